The first-order valence-corrected chi connectivity index (χ1v) is 23.6. The molecule has 0 aliphatic rings. The molecule has 0 spiro atoms. The highest BCUT2D eigenvalue weighted by molar-refractivity contribution is 7.26. The molecule has 14 rings (SSSR count). The Morgan fingerprint density at radius 2 is 0.862 bits per heavy atom. The van der Waals surface area contributed by atoms with Crippen molar-refractivity contribution in [3.63, 3.8) is 0 Å². The van der Waals surface area contributed by atoms with Gasteiger partial charge in [0.1, 0.15) is 11.2 Å². The maximum Gasteiger partial charge on any atom is 0.136 e. The third-order valence-corrected chi connectivity index (χ3v) is 15.7. The fourth-order valence-corrected chi connectivity index (χ4v) is 12.8. The number of fused-ring (bicyclic) bond motifs is 12. The second-order valence-corrected chi connectivity index (χ2v) is 19.0. The van der Waals surface area contributed by atoms with Gasteiger partial charge in [-0.2, -0.15) is 0 Å². The molecule has 0 bridgehead atoms. The molecule has 0 fully saturated rings. The highest BCUT2D eigenvalue weighted by Crippen LogP contribution is 2.48. The number of nitrogens with zero attached hydrogens (tertiary/aromatic N) is 1. The lowest BCUT2D eigenvalue weighted by atomic mass is 9.88. The molecule has 2 nitrogen and oxygen atoms in total. The molecule has 4 heteroatoms. The normalized spacial score (nSPS) is 12.0. The zero-order valence-corrected chi connectivity index (χ0v) is 36.5. The van der Waals surface area contributed by atoms with Gasteiger partial charge in [0, 0.05) is 78.4 Å². The number of thiophene rings is 2. The van der Waals surface area contributed by atoms with Gasteiger partial charge >= 0.3 is 0 Å². The van der Waals surface area contributed by atoms with Crippen LogP contribution in [0.25, 0.3) is 140 Å². The number of hydrogen-bond acceptors (Lipinski definition) is 4. The van der Waals surface area contributed by atoms with Crippen LogP contribution >= 0.6 is 22.7 Å². The van der Waals surface area contributed by atoms with Gasteiger partial charge in [0.2, 0.25) is 0 Å². The predicted octanol–water partition coefficient (Wildman–Crippen LogP) is 18.4. The summed E-state index contributed by atoms with van der Waals surface area (Å²) in [6.45, 7) is 0. The Morgan fingerprint density at radius 3 is 1.54 bits per heavy atom. The first kappa shape index (κ1) is 36.6. The number of rotatable bonds is 5. The summed E-state index contributed by atoms with van der Waals surface area (Å²) in [5, 5.41) is 10.8. The van der Waals surface area contributed by atoms with E-state index in [0.717, 1.165) is 66.2 Å². The summed E-state index contributed by atoms with van der Waals surface area (Å²) in [6.07, 6.45) is 0. The van der Waals surface area contributed by atoms with Gasteiger partial charge in [0.15, 0.2) is 0 Å². The lowest BCUT2D eigenvalue weighted by Gasteiger charge is -2.16. The average Bonchev–Trinajstić information content (AvgIpc) is 4.07. The number of furan rings is 1. The van der Waals surface area contributed by atoms with Gasteiger partial charge in [-0.15, -0.1) is 22.7 Å². The zero-order valence-electron chi connectivity index (χ0n) is 34.9. The summed E-state index contributed by atoms with van der Waals surface area (Å²) in [7, 11) is 0. The fraction of sp³-hybridized carbons (Fsp3) is 0. The van der Waals surface area contributed by atoms with Crippen molar-refractivity contribution in [3.8, 4) is 55.8 Å². The van der Waals surface area contributed by atoms with Gasteiger partial charge in [-0.25, -0.2) is 4.98 Å². The fourth-order valence-electron chi connectivity index (χ4n) is 10.3. The van der Waals surface area contributed by atoms with Gasteiger partial charge in [-0.3, -0.25) is 0 Å². The van der Waals surface area contributed by atoms with Gasteiger partial charge in [-0.05, 0) is 87.5 Å². The second-order valence-electron chi connectivity index (χ2n) is 16.9. The highest BCUT2D eigenvalue weighted by atomic mass is 32.1. The van der Waals surface area contributed by atoms with Crippen LogP contribution in [-0.4, -0.2) is 4.98 Å². The quantitative estimate of drug-likeness (QED) is 0.161. The standard InChI is InChI=1S/C61H35NOS2/c1-2-14-38(15-3-1)59-50-35-53-58(49-19-5-9-25-52(49)63-53)56(57(50)48-18-4-8-24-51(48)62-59)37-30-28-36(29-31-37)39-32-40(42-20-12-22-46-44-16-6-10-26-54(44)64-60(42)46)34-41(33-39)43-21-13-23-47-45-17-7-11-27-55(45)65-61(43)47/h1-35H. The largest absolute Gasteiger partial charge is 0.456 e. The van der Waals surface area contributed by atoms with E-state index in [1.165, 1.54) is 73.5 Å². The van der Waals surface area contributed by atoms with Crippen LogP contribution < -0.4 is 0 Å². The Morgan fingerprint density at radius 1 is 0.323 bits per heavy atom. The molecule has 0 N–H and O–H groups in total. The molecular weight excluding hydrogens is 827 g/mol. The van der Waals surface area contributed by atoms with Gasteiger partial charge in [0.05, 0.1) is 11.2 Å². The van der Waals surface area contributed by atoms with E-state index in [2.05, 4.69) is 212 Å². The van der Waals surface area contributed by atoms with Crippen molar-refractivity contribution in [1.82, 2.24) is 4.98 Å². The smallest absolute Gasteiger partial charge is 0.136 e. The van der Waals surface area contributed by atoms with E-state index in [0.29, 0.717) is 0 Å². The summed E-state index contributed by atoms with van der Waals surface area (Å²) in [5.41, 5.74) is 14.3. The van der Waals surface area contributed by atoms with E-state index in [1.54, 1.807) is 0 Å². The lowest BCUT2D eigenvalue weighted by Crippen LogP contribution is -1.93. The van der Waals surface area contributed by atoms with E-state index in [1.807, 2.05) is 22.7 Å². The molecule has 0 atom stereocenters. The summed E-state index contributed by atoms with van der Waals surface area (Å²) in [6, 6.07) is 77.3. The van der Waals surface area contributed by atoms with Gasteiger partial charge in [0.25, 0.3) is 0 Å². The molecule has 302 valence electrons. The molecule has 0 aliphatic carbocycles. The van der Waals surface area contributed by atoms with Gasteiger partial charge < -0.3 is 4.42 Å². The van der Waals surface area contributed by atoms with Crippen LogP contribution in [0.15, 0.2) is 217 Å². The Kier molecular flexibility index (Phi) is 8.06. The minimum absolute atomic E-state index is 0.857. The van der Waals surface area contributed by atoms with E-state index in [4.69, 9.17) is 9.40 Å². The second kappa shape index (κ2) is 14.3. The van der Waals surface area contributed by atoms with E-state index in [9.17, 15) is 0 Å². The summed E-state index contributed by atoms with van der Waals surface area (Å²) in [5.74, 6) is 0. The van der Waals surface area contributed by atoms with E-state index >= 15 is 0 Å². The van der Waals surface area contributed by atoms with Crippen molar-refractivity contribution in [2.75, 3.05) is 0 Å². The van der Waals surface area contributed by atoms with Crippen LogP contribution in [0, 0.1) is 0 Å². The van der Waals surface area contributed by atoms with Crippen molar-refractivity contribution in [1.29, 1.82) is 0 Å². The third-order valence-electron chi connectivity index (χ3n) is 13.2. The van der Waals surface area contributed by atoms with Crippen molar-refractivity contribution in [2.24, 2.45) is 0 Å². The maximum atomic E-state index is 6.70. The molecule has 10 aromatic carbocycles. The monoisotopic (exact) mass is 861 g/mol. The molecule has 4 heterocycles. The number of aromatic nitrogens is 1. The molecule has 0 saturated carbocycles. The molecule has 14 aromatic rings. The summed E-state index contributed by atoms with van der Waals surface area (Å²) < 4.78 is 12.0. The van der Waals surface area contributed by atoms with Crippen molar-refractivity contribution in [3.05, 3.63) is 212 Å². The highest BCUT2D eigenvalue weighted by Gasteiger charge is 2.22. The zero-order chi connectivity index (χ0) is 42.6. The van der Waals surface area contributed by atoms with Gasteiger partial charge in [-0.1, -0.05) is 164 Å². The first-order chi connectivity index (χ1) is 32.2. The molecule has 4 aromatic heterocycles. The van der Waals surface area contributed by atoms with Crippen molar-refractivity contribution < 1.29 is 4.42 Å². The molecule has 0 radical (unpaired) electrons. The van der Waals surface area contributed by atoms with Crippen LogP contribution in [0.5, 0.6) is 0 Å². The molecule has 0 amide bonds. The van der Waals surface area contributed by atoms with Crippen LogP contribution in [0.3, 0.4) is 0 Å². The molecule has 0 aliphatic heterocycles. The minimum atomic E-state index is 0.857. The maximum absolute atomic E-state index is 6.70. The molecular formula is C61H35NOS2. The van der Waals surface area contributed by atoms with Crippen molar-refractivity contribution in [2.45, 2.75) is 0 Å². The third kappa shape index (κ3) is 5.68. The van der Waals surface area contributed by atoms with Crippen LogP contribution in [0.1, 0.15) is 0 Å². The van der Waals surface area contributed by atoms with E-state index in [-0.39, 0.29) is 0 Å². The predicted molar refractivity (Wildman–Crippen MR) is 279 cm³/mol. The van der Waals surface area contributed by atoms with Crippen LogP contribution in [-0.2, 0) is 0 Å². The molecule has 0 unspecified atom stereocenters. The average molecular weight is 862 g/mol. The van der Waals surface area contributed by atoms with Crippen LogP contribution in [0.4, 0.5) is 0 Å². The first-order valence-electron chi connectivity index (χ1n) is 22.0. The number of hydrogen-bond donors (Lipinski definition) is 0. The Hall–Kier alpha value is -7.89. The number of pyridine rings is 1. The Balaban J connectivity index is 1.01. The van der Waals surface area contributed by atoms with E-state index < -0.39 is 0 Å². The molecule has 0 saturated heterocycles. The summed E-state index contributed by atoms with van der Waals surface area (Å²) >= 11 is 3.77. The molecule has 65 heavy (non-hydrogen) atoms. The topological polar surface area (TPSA) is 26.0 Å². The minimum Gasteiger partial charge on any atom is -0.456 e. The van der Waals surface area contributed by atoms with Crippen molar-refractivity contribution >= 4 is 107 Å². The Bertz CT molecular complexity index is 4100. The number of para-hydroxylation sites is 2. The summed E-state index contributed by atoms with van der Waals surface area (Å²) in [4.78, 5) is 5.31. The SMILES string of the molecule is c1ccc(-c2nc3ccccc3c3c(-c4ccc(-c5cc(-c6cccc7c6sc6ccccc67)cc(-c6cccc7c6sc6ccccc67)c5)cc4)c4c(cc23)oc2ccccc24)cc1. The Labute approximate surface area is 381 Å². The van der Waals surface area contributed by atoms with Crippen LogP contribution in [0.2, 0.25) is 0 Å². The number of benzene rings is 10. The lowest BCUT2D eigenvalue weighted by molar-refractivity contribution is 0.669.